The Morgan fingerprint density at radius 2 is 1.59 bits per heavy atom. The van der Waals surface area contributed by atoms with Gasteiger partial charge in [0.15, 0.2) is 0 Å². The van der Waals surface area contributed by atoms with Crippen LogP contribution in [0, 0.1) is 0 Å². The number of benzene rings is 3. The van der Waals surface area contributed by atoms with E-state index in [0.29, 0.717) is 22.0 Å². The summed E-state index contributed by atoms with van der Waals surface area (Å²) in [4.78, 5) is 21.1. The molecule has 4 aromatic rings. The van der Waals surface area contributed by atoms with Gasteiger partial charge in [0.2, 0.25) is 0 Å². The fraction of sp³-hybridized carbons (Fsp3) is 0. The first-order valence-corrected chi connectivity index (χ1v) is 9.27. The van der Waals surface area contributed by atoms with Crippen molar-refractivity contribution in [3.05, 3.63) is 102 Å². The number of amides is 1. The lowest BCUT2D eigenvalue weighted by atomic mass is 10.1. The zero-order valence-electron chi connectivity index (χ0n) is 15.2. The number of ether oxygens (including phenoxy) is 1. The molecule has 3 aromatic carbocycles. The van der Waals surface area contributed by atoms with Crippen molar-refractivity contribution in [2.75, 3.05) is 5.32 Å². The molecule has 1 aromatic heterocycles. The van der Waals surface area contributed by atoms with Crippen molar-refractivity contribution >= 4 is 23.2 Å². The van der Waals surface area contributed by atoms with E-state index in [1.807, 2.05) is 42.5 Å². The first kappa shape index (κ1) is 18.7. The molecule has 0 unspecified atom stereocenters. The summed E-state index contributed by atoms with van der Waals surface area (Å²) in [5.74, 6) is 0.444. The van der Waals surface area contributed by atoms with Crippen molar-refractivity contribution in [1.82, 2.24) is 9.97 Å². The molecule has 0 fully saturated rings. The first-order valence-electron chi connectivity index (χ1n) is 8.90. The van der Waals surface area contributed by atoms with E-state index in [1.165, 1.54) is 0 Å². The van der Waals surface area contributed by atoms with Gasteiger partial charge >= 0.3 is 6.01 Å². The Hall–Kier alpha value is -3.70. The minimum Gasteiger partial charge on any atom is -0.424 e. The van der Waals surface area contributed by atoms with Crippen LogP contribution in [0.25, 0.3) is 11.1 Å². The van der Waals surface area contributed by atoms with Gasteiger partial charge in [0.1, 0.15) is 5.75 Å². The Morgan fingerprint density at radius 3 is 2.34 bits per heavy atom. The molecule has 29 heavy (non-hydrogen) atoms. The quantitative estimate of drug-likeness (QED) is 0.456. The number of nitrogens with zero attached hydrogens (tertiary/aromatic N) is 2. The van der Waals surface area contributed by atoms with Crippen LogP contribution in [-0.2, 0) is 0 Å². The number of halogens is 1. The maximum Gasteiger partial charge on any atom is 0.321 e. The van der Waals surface area contributed by atoms with Gasteiger partial charge < -0.3 is 10.1 Å². The second-order valence-corrected chi connectivity index (χ2v) is 6.65. The van der Waals surface area contributed by atoms with E-state index in [9.17, 15) is 4.79 Å². The molecular formula is C23H16ClN3O2. The largest absolute Gasteiger partial charge is 0.424 e. The maximum absolute atomic E-state index is 12.6. The SMILES string of the molecule is O=C(Nc1cccc(Cl)c1)c1cccc(-c2cnc(Oc3ccccc3)nc2)c1. The summed E-state index contributed by atoms with van der Waals surface area (Å²) in [6.07, 6.45) is 3.33. The lowest BCUT2D eigenvalue weighted by molar-refractivity contribution is 0.102. The molecule has 0 atom stereocenters. The molecule has 0 spiro atoms. The highest BCUT2D eigenvalue weighted by atomic mass is 35.5. The number of nitrogens with one attached hydrogen (secondary N) is 1. The average Bonchev–Trinajstić information content (AvgIpc) is 2.75. The molecule has 4 rings (SSSR count). The number of anilines is 1. The van der Waals surface area contributed by atoms with Gasteiger partial charge in [-0.25, -0.2) is 9.97 Å². The van der Waals surface area contributed by atoms with Gasteiger partial charge in [-0.05, 0) is 48.0 Å². The smallest absolute Gasteiger partial charge is 0.321 e. The van der Waals surface area contributed by atoms with Crippen molar-refractivity contribution in [3.8, 4) is 22.9 Å². The van der Waals surface area contributed by atoms with E-state index >= 15 is 0 Å². The molecule has 0 saturated carbocycles. The number of para-hydroxylation sites is 1. The van der Waals surface area contributed by atoms with Crippen molar-refractivity contribution < 1.29 is 9.53 Å². The van der Waals surface area contributed by atoms with Gasteiger partial charge in [-0.1, -0.05) is 48.0 Å². The maximum atomic E-state index is 12.6. The van der Waals surface area contributed by atoms with Crippen LogP contribution in [0.2, 0.25) is 5.02 Å². The summed E-state index contributed by atoms with van der Waals surface area (Å²) in [5, 5.41) is 3.40. The van der Waals surface area contributed by atoms with E-state index in [2.05, 4.69) is 15.3 Å². The van der Waals surface area contributed by atoms with Crippen LogP contribution in [0.15, 0.2) is 91.3 Å². The van der Waals surface area contributed by atoms with Crippen molar-refractivity contribution in [2.45, 2.75) is 0 Å². The lowest BCUT2D eigenvalue weighted by Gasteiger charge is -2.08. The number of hydrogen-bond acceptors (Lipinski definition) is 4. The second kappa shape index (κ2) is 8.54. The highest BCUT2D eigenvalue weighted by molar-refractivity contribution is 6.31. The Kier molecular flexibility index (Phi) is 5.49. The topological polar surface area (TPSA) is 64.1 Å². The molecule has 1 amide bonds. The van der Waals surface area contributed by atoms with E-state index < -0.39 is 0 Å². The zero-order valence-corrected chi connectivity index (χ0v) is 16.0. The van der Waals surface area contributed by atoms with Crippen LogP contribution in [-0.4, -0.2) is 15.9 Å². The minimum atomic E-state index is -0.223. The van der Waals surface area contributed by atoms with E-state index in [-0.39, 0.29) is 11.9 Å². The van der Waals surface area contributed by atoms with Gasteiger partial charge in [0.05, 0.1) is 0 Å². The Balaban J connectivity index is 1.50. The predicted octanol–water partition coefficient (Wildman–Crippen LogP) is 5.84. The number of hydrogen-bond donors (Lipinski definition) is 1. The fourth-order valence-electron chi connectivity index (χ4n) is 2.72. The molecule has 0 aliphatic heterocycles. The molecule has 1 heterocycles. The van der Waals surface area contributed by atoms with Gasteiger partial charge in [0.25, 0.3) is 5.91 Å². The Labute approximate surface area is 173 Å². The second-order valence-electron chi connectivity index (χ2n) is 6.21. The molecule has 0 aliphatic carbocycles. The fourth-order valence-corrected chi connectivity index (χ4v) is 2.91. The number of aromatic nitrogens is 2. The number of rotatable bonds is 5. The third-order valence-electron chi connectivity index (χ3n) is 4.12. The van der Waals surface area contributed by atoms with Crippen LogP contribution in [0.5, 0.6) is 11.8 Å². The highest BCUT2D eigenvalue weighted by Gasteiger charge is 2.09. The number of carbonyl (C=O) groups excluding carboxylic acids is 1. The summed E-state index contributed by atoms with van der Waals surface area (Å²) >= 11 is 5.97. The molecule has 1 N–H and O–H groups in total. The predicted molar refractivity (Wildman–Crippen MR) is 113 cm³/mol. The van der Waals surface area contributed by atoms with Crippen molar-refractivity contribution in [3.63, 3.8) is 0 Å². The van der Waals surface area contributed by atoms with Crippen LogP contribution >= 0.6 is 11.6 Å². The summed E-state index contributed by atoms with van der Waals surface area (Å²) < 4.78 is 5.61. The normalized spacial score (nSPS) is 10.4. The van der Waals surface area contributed by atoms with Gasteiger partial charge in [-0.15, -0.1) is 0 Å². The minimum absolute atomic E-state index is 0.223. The summed E-state index contributed by atoms with van der Waals surface area (Å²) in [6.45, 7) is 0. The zero-order chi connectivity index (χ0) is 20.1. The molecule has 0 saturated heterocycles. The lowest BCUT2D eigenvalue weighted by Crippen LogP contribution is -2.11. The number of carbonyl (C=O) groups is 1. The van der Waals surface area contributed by atoms with Crippen LogP contribution < -0.4 is 10.1 Å². The molecule has 6 heteroatoms. The average molecular weight is 402 g/mol. The Morgan fingerprint density at radius 1 is 0.828 bits per heavy atom. The molecule has 5 nitrogen and oxygen atoms in total. The first-order chi connectivity index (χ1) is 14.2. The molecule has 142 valence electrons. The van der Waals surface area contributed by atoms with E-state index in [0.717, 1.165) is 11.1 Å². The van der Waals surface area contributed by atoms with Crippen LogP contribution in [0.4, 0.5) is 5.69 Å². The van der Waals surface area contributed by atoms with Crippen molar-refractivity contribution in [2.24, 2.45) is 0 Å². The standard InChI is InChI=1S/C23H16ClN3O2/c24-19-8-5-9-20(13-19)27-22(28)17-7-4-6-16(12-17)18-14-25-23(26-15-18)29-21-10-2-1-3-11-21/h1-15H,(H,27,28). The van der Waals surface area contributed by atoms with Gasteiger partial charge in [-0.2, -0.15) is 0 Å². The molecular weight excluding hydrogens is 386 g/mol. The molecule has 0 aliphatic rings. The van der Waals surface area contributed by atoms with Gasteiger partial charge in [0, 0.05) is 34.2 Å². The summed E-state index contributed by atoms with van der Waals surface area (Å²) in [5.41, 5.74) is 2.77. The van der Waals surface area contributed by atoms with Crippen LogP contribution in [0.1, 0.15) is 10.4 Å². The Bertz CT molecular complexity index is 1130. The van der Waals surface area contributed by atoms with Crippen molar-refractivity contribution in [1.29, 1.82) is 0 Å². The summed E-state index contributed by atoms with van der Waals surface area (Å²) in [7, 11) is 0. The molecule has 0 radical (unpaired) electrons. The van der Waals surface area contributed by atoms with E-state index in [4.69, 9.17) is 16.3 Å². The highest BCUT2D eigenvalue weighted by Crippen LogP contribution is 2.23. The third kappa shape index (κ3) is 4.78. The third-order valence-corrected chi connectivity index (χ3v) is 4.36. The summed E-state index contributed by atoms with van der Waals surface area (Å²) in [6, 6.07) is 23.9. The molecule has 0 bridgehead atoms. The van der Waals surface area contributed by atoms with Crippen LogP contribution in [0.3, 0.4) is 0 Å². The monoisotopic (exact) mass is 401 g/mol. The van der Waals surface area contributed by atoms with E-state index in [1.54, 1.807) is 48.8 Å². The van der Waals surface area contributed by atoms with Gasteiger partial charge in [-0.3, -0.25) is 4.79 Å².